The Labute approximate surface area is 166 Å². The molecule has 1 aromatic carbocycles. The quantitative estimate of drug-likeness (QED) is 0.616. The van der Waals surface area contributed by atoms with Crippen molar-refractivity contribution in [2.75, 3.05) is 11.9 Å². The standard InChI is InChI=1S/C21H16N4O2S/c22-8-9-27-16-5-3-4-14(11-16)10-15(12-23)20(26)25-21-18(13-24)17-6-1-2-7-19(17)28-21/h3-5,10-11H,1-2,6-7,9H2,(H,25,26)/b15-10+. The van der Waals surface area contributed by atoms with Gasteiger partial charge in [0.25, 0.3) is 5.91 Å². The number of carbonyl (C=O) groups is 1. The minimum Gasteiger partial charge on any atom is -0.479 e. The molecule has 0 spiro atoms. The van der Waals surface area contributed by atoms with Gasteiger partial charge in [-0.2, -0.15) is 15.8 Å². The van der Waals surface area contributed by atoms with E-state index in [9.17, 15) is 15.3 Å². The third kappa shape index (κ3) is 4.20. The fraction of sp³-hybridized carbons (Fsp3) is 0.238. The molecule has 0 saturated heterocycles. The molecule has 1 amide bonds. The Kier molecular flexibility index (Phi) is 6.07. The molecule has 7 heteroatoms. The highest BCUT2D eigenvalue weighted by Crippen LogP contribution is 2.37. The highest BCUT2D eigenvalue weighted by atomic mass is 32.1. The van der Waals surface area contributed by atoms with Gasteiger partial charge >= 0.3 is 0 Å². The van der Waals surface area contributed by atoms with Crippen molar-refractivity contribution in [3.63, 3.8) is 0 Å². The predicted molar refractivity (Wildman–Crippen MR) is 105 cm³/mol. The molecule has 0 aliphatic heterocycles. The second kappa shape index (κ2) is 8.86. The zero-order chi connectivity index (χ0) is 19.9. The number of anilines is 1. The van der Waals surface area contributed by atoms with Gasteiger partial charge in [-0.1, -0.05) is 12.1 Å². The number of amides is 1. The lowest BCUT2D eigenvalue weighted by atomic mass is 9.96. The number of ether oxygens (including phenoxy) is 1. The van der Waals surface area contributed by atoms with E-state index in [0.29, 0.717) is 21.9 Å². The van der Waals surface area contributed by atoms with Crippen LogP contribution in [0.4, 0.5) is 5.00 Å². The van der Waals surface area contributed by atoms with E-state index in [4.69, 9.17) is 10.00 Å². The molecule has 0 atom stereocenters. The topological polar surface area (TPSA) is 110 Å². The Morgan fingerprint density at radius 3 is 2.82 bits per heavy atom. The highest BCUT2D eigenvalue weighted by Gasteiger charge is 2.22. The molecule has 0 saturated carbocycles. The SMILES string of the molecule is N#CCOc1cccc(/C=C(\C#N)C(=O)Nc2sc3c(c2C#N)CCCC3)c1. The van der Waals surface area contributed by atoms with Crippen LogP contribution in [-0.2, 0) is 17.6 Å². The van der Waals surface area contributed by atoms with Gasteiger partial charge in [0.05, 0.1) is 5.56 Å². The third-order valence-corrected chi connectivity index (χ3v) is 5.55. The van der Waals surface area contributed by atoms with Crippen LogP contribution in [0.5, 0.6) is 5.75 Å². The molecule has 6 nitrogen and oxygen atoms in total. The molecule has 1 heterocycles. The molecule has 28 heavy (non-hydrogen) atoms. The predicted octanol–water partition coefficient (Wildman–Crippen LogP) is 3.95. The van der Waals surface area contributed by atoms with Gasteiger partial charge in [0.15, 0.2) is 6.61 Å². The second-order valence-electron chi connectivity index (χ2n) is 6.17. The van der Waals surface area contributed by atoms with Gasteiger partial charge in [-0.05, 0) is 55.0 Å². The number of rotatable bonds is 5. The fourth-order valence-corrected chi connectivity index (χ4v) is 4.30. The summed E-state index contributed by atoms with van der Waals surface area (Å²) in [5, 5.41) is 30.7. The monoisotopic (exact) mass is 388 g/mol. The number of hydrogen-bond donors (Lipinski definition) is 1. The number of fused-ring (bicyclic) bond motifs is 1. The number of nitrogens with one attached hydrogen (secondary N) is 1. The van der Waals surface area contributed by atoms with Gasteiger partial charge in [-0.25, -0.2) is 0 Å². The summed E-state index contributed by atoms with van der Waals surface area (Å²) in [5.74, 6) is -0.0772. The molecule has 1 aliphatic carbocycles. The summed E-state index contributed by atoms with van der Waals surface area (Å²) < 4.78 is 5.24. The van der Waals surface area contributed by atoms with Crippen molar-refractivity contribution in [1.29, 1.82) is 15.8 Å². The molecule has 138 valence electrons. The minimum absolute atomic E-state index is 0.0762. The molecule has 0 bridgehead atoms. The lowest BCUT2D eigenvalue weighted by molar-refractivity contribution is -0.112. The van der Waals surface area contributed by atoms with E-state index >= 15 is 0 Å². The van der Waals surface area contributed by atoms with Gasteiger partial charge < -0.3 is 10.1 Å². The normalized spacial score (nSPS) is 12.8. The van der Waals surface area contributed by atoms with Crippen LogP contribution in [-0.4, -0.2) is 12.5 Å². The molecular formula is C21H16N4O2S. The van der Waals surface area contributed by atoms with Crippen LogP contribution in [0.25, 0.3) is 6.08 Å². The summed E-state index contributed by atoms with van der Waals surface area (Å²) in [6.07, 6.45) is 5.34. The van der Waals surface area contributed by atoms with Crippen LogP contribution in [0.1, 0.15) is 34.4 Å². The Morgan fingerprint density at radius 2 is 2.07 bits per heavy atom. The Balaban J connectivity index is 1.83. The zero-order valence-electron chi connectivity index (χ0n) is 15.0. The molecule has 1 aromatic heterocycles. The highest BCUT2D eigenvalue weighted by molar-refractivity contribution is 7.16. The first-order chi connectivity index (χ1) is 13.7. The third-order valence-electron chi connectivity index (χ3n) is 4.35. The second-order valence-corrected chi connectivity index (χ2v) is 7.28. The Bertz CT molecular complexity index is 1060. The van der Waals surface area contributed by atoms with Crippen LogP contribution in [0.3, 0.4) is 0 Å². The average Bonchev–Trinajstić information content (AvgIpc) is 3.07. The maximum absolute atomic E-state index is 12.6. The van der Waals surface area contributed by atoms with E-state index < -0.39 is 5.91 Å². The molecule has 2 aromatic rings. The van der Waals surface area contributed by atoms with Gasteiger partial charge in [0.1, 0.15) is 34.5 Å². The maximum Gasteiger partial charge on any atom is 0.266 e. The van der Waals surface area contributed by atoms with Crippen molar-refractivity contribution in [3.8, 4) is 24.0 Å². The van der Waals surface area contributed by atoms with Gasteiger partial charge in [0, 0.05) is 4.88 Å². The van der Waals surface area contributed by atoms with Crippen molar-refractivity contribution in [2.24, 2.45) is 0 Å². The number of nitriles is 3. The van der Waals surface area contributed by atoms with E-state index in [1.807, 2.05) is 12.1 Å². The first-order valence-electron chi connectivity index (χ1n) is 8.74. The molecule has 3 rings (SSSR count). The van der Waals surface area contributed by atoms with Crippen LogP contribution in [0.15, 0.2) is 29.8 Å². The first-order valence-corrected chi connectivity index (χ1v) is 9.55. The smallest absolute Gasteiger partial charge is 0.266 e. The van der Waals surface area contributed by atoms with Gasteiger partial charge in [0.2, 0.25) is 0 Å². The summed E-state index contributed by atoms with van der Waals surface area (Å²) in [7, 11) is 0. The number of nitrogens with zero attached hydrogens (tertiary/aromatic N) is 3. The van der Waals surface area contributed by atoms with Gasteiger partial charge in [-0.15, -0.1) is 11.3 Å². The number of aryl methyl sites for hydroxylation is 1. The van der Waals surface area contributed by atoms with Crippen LogP contribution in [0.2, 0.25) is 0 Å². The average molecular weight is 388 g/mol. The van der Waals surface area contributed by atoms with Crippen LogP contribution < -0.4 is 10.1 Å². The van der Waals surface area contributed by atoms with Crippen molar-refractivity contribution in [1.82, 2.24) is 0 Å². The van der Waals surface area contributed by atoms with Gasteiger partial charge in [-0.3, -0.25) is 4.79 Å². The molecule has 0 fully saturated rings. The first kappa shape index (κ1) is 19.2. The summed E-state index contributed by atoms with van der Waals surface area (Å²) in [6.45, 7) is -0.0846. The van der Waals surface area contributed by atoms with E-state index in [1.54, 1.807) is 24.3 Å². The van der Waals surface area contributed by atoms with E-state index in [0.717, 1.165) is 36.1 Å². The van der Waals surface area contributed by atoms with Crippen molar-refractivity contribution >= 4 is 28.3 Å². The number of hydrogen-bond acceptors (Lipinski definition) is 6. The number of carbonyl (C=O) groups excluding carboxylic acids is 1. The lowest BCUT2D eigenvalue weighted by Gasteiger charge is -2.09. The molecule has 1 aliphatic rings. The Hall–Kier alpha value is -3.60. The molecule has 0 radical (unpaired) electrons. The number of thiophene rings is 1. The summed E-state index contributed by atoms with van der Waals surface area (Å²) >= 11 is 1.42. The molecule has 1 N–H and O–H groups in total. The van der Waals surface area contributed by atoms with E-state index in [1.165, 1.54) is 17.4 Å². The largest absolute Gasteiger partial charge is 0.479 e. The summed E-state index contributed by atoms with van der Waals surface area (Å²) in [5.41, 5.74) is 2.07. The maximum atomic E-state index is 12.6. The van der Waals surface area contributed by atoms with Crippen LogP contribution >= 0.6 is 11.3 Å². The summed E-state index contributed by atoms with van der Waals surface area (Å²) in [6, 6.07) is 12.8. The zero-order valence-corrected chi connectivity index (χ0v) is 15.8. The number of benzene rings is 1. The molecule has 0 unspecified atom stereocenters. The molecular weight excluding hydrogens is 372 g/mol. The summed E-state index contributed by atoms with van der Waals surface area (Å²) in [4.78, 5) is 13.7. The van der Waals surface area contributed by atoms with Crippen LogP contribution in [0, 0.1) is 34.0 Å². The van der Waals surface area contributed by atoms with E-state index in [-0.39, 0.29) is 12.2 Å². The van der Waals surface area contributed by atoms with E-state index in [2.05, 4.69) is 11.4 Å². The lowest BCUT2D eigenvalue weighted by Crippen LogP contribution is -2.13. The van der Waals surface area contributed by atoms with Crippen molar-refractivity contribution in [3.05, 3.63) is 51.4 Å². The van der Waals surface area contributed by atoms with Crippen molar-refractivity contribution < 1.29 is 9.53 Å². The fourth-order valence-electron chi connectivity index (χ4n) is 3.07. The Morgan fingerprint density at radius 1 is 1.25 bits per heavy atom. The minimum atomic E-state index is -0.555. The van der Waals surface area contributed by atoms with Crippen molar-refractivity contribution in [2.45, 2.75) is 25.7 Å².